The van der Waals surface area contributed by atoms with E-state index in [2.05, 4.69) is 9.55 Å². The van der Waals surface area contributed by atoms with E-state index < -0.39 is 4.92 Å². The van der Waals surface area contributed by atoms with Gasteiger partial charge in [0.15, 0.2) is 0 Å². The molecule has 0 aliphatic heterocycles. The summed E-state index contributed by atoms with van der Waals surface area (Å²) in [7, 11) is 0. The van der Waals surface area contributed by atoms with E-state index in [9.17, 15) is 10.1 Å². The molecule has 0 saturated carbocycles. The predicted octanol–water partition coefficient (Wildman–Crippen LogP) is 3.37. The highest BCUT2D eigenvalue weighted by Gasteiger charge is 2.16. The topological polar surface area (TPSA) is 61.0 Å². The van der Waals surface area contributed by atoms with Crippen LogP contribution < -0.4 is 0 Å². The minimum Gasteiger partial charge on any atom is -0.330 e. The summed E-state index contributed by atoms with van der Waals surface area (Å²) < 4.78 is 2.10. The lowest BCUT2D eigenvalue weighted by Crippen LogP contribution is -2.09. The minimum absolute atomic E-state index is 0.0198. The number of halogens is 1. The van der Waals surface area contributed by atoms with Crippen LogP contribution in [0.2, 0.25) is 5.02 Å². The zero-order valence-electron chi connectivity index (χ0n) is 10.9. The molecule has 3 rings (SSSR count). The first-order valence-corrected chi connectivity index (χ1v) is 6.98. The normalized spacial score (nSPS) is 14.1. The van der Waals surface area contributed by atoms with Gasteiger partial charge in [0.1, 0.15) is 0 Å². The molecule has 0 saturated heterocycles. The highest BCUT2D eigenvalue weighted by atomic mass is 35.5. The predicted molar refractivity (Wildman–Crippen MR) is 76.1 cm³/mol. The largest absolute Gasteiger partial charge is 0.330 e. The van der Waals surface area contributed by atoms with Crippen LogP contribution in [0.3, 0.4) is 0 Å². The van der Waals surface area contributed by atoms with Crippen molar-refractivity contribution >= 4 is 17.3 Å². The van der Waals surface area contributed by atoms with Crippen molar-refractivity contribution in [1.82, 2.24) is 9.55 Å². The summed E-state index contributed by atoms with van der Waals surface area (Å²) in [6.45, 7) is 0.610. The maximum Gasteiger partial charge on any atom is 0.270 e. The van der Waals surface area contributed by atoms with Gasteiger partial charge in [-0.2, -0.15) is 0 Å². The second-order valence-corrected chi connectivity index (χ2v) is 5.41. The van der Waals surface area contributed by atoms with Gasteiger partial charge in [-0.3, -0.25) is 10.1 Å². The molecular weight excluding hydrogens is 278 g/mol. The fraction of sp³-hybridized carbons (Fsp3) is 0.357. The van der Waals surface area contributed by atoms with Crippen LogP contribution in [0.5, 0.6) is 0 Å². The van der Waals surface area contributed by atoms with Gasteiger partial charge in [0.05, 0.1) is 28.5 Å². The summed E-state index contributed by atoms with van der Waals surface area (Å²) in [6, 6.07) is 4.61. The van der Waals surface area contributed by atoms with Crippen molar-refractivity contribution in [3.63, 3.8) is 0 Å². The summed E-state index contributed by atoms with van der Waals surface area (Å²) in [5, 5.41) is 11.1. The molecule has 0 radical (unpaired) electrons. The van der Waals surface area contributed by atoms with Gasteiger partial charge in [-0.1, -0.05) is 11.6 Å². The lowest BCUT2D eigenvalue weighted by molar-refractivity contribution is -0.384. The molecule has 1 heterocycles. The van der Waals surface area contributed by atoms with E-state index in [4.69, 9.17) is 11.6 Å². The Bertz CT molecular complexity index is 666. The molecule has 0 spiro atoms. The van der Waals surface area contributed by atoms with Crippen LogP contribution in [0.4, 0.5) is 5.69 Å². The first-order valence-electron chi connectivity index (χ1n) is 6.61. The SMILES string of the molecule is O=[N+]([O-])c1ccc(Cn2cnc3c2CCCC3)c(Cl)c1. The molecule has 20 heavy (non-hydrogen) atoms. The number of nitro groups is 1. The number of non-ortho nitro benzene ring substituents is 1. The number of imidazole rings is 1. The van der Waals surface area contributed by atoms with Crippen molar-refractivity contribution in [1.29, 1.82) is 0 Å². The quantitative estimate of drug-likeness (QED) is 0.643. The maximum absolute atomic E-state index is 10.7. The second kappa shape index (κ2) is 5.25. The van der Waals surface area contributed by atoms with Crippen molar-refractivity contribution in [2.24, 2.45) is 0 Å². The van der Waals surface area contributed by atoms with Crippen LogP contribution in [0.15, 0.2) is 24.5 Å². The third kappa shape index (κ3) is 2.41. The molecule has 0 fully saturated rings. The van der Waals surface area contributed by atoms with E-state index in [1.165, 1.54) is 36.4 Å². The average molecular weight is 292 g/mol. The number of benzene rings is 1. The molecular formula is C14H14ClN3O2. The molecule has 104 valence electrons. The average Bonchev–Trinajstić information content (AvgIpc) is 2.84. The van der Waals surface area contributed by atoms with E-state index in [-0.39, 0.29) is 5.69 Å². The first kappa shape index (κ1) is 13.1. The van der Waals surface area contributed by atoms with Crippen LogP contribution in [-0.2, 0) is 19.4 Å². The number of nitrogens with zero attached hydrogens (tertiary/aromatic N) is 3. The monoisotopic (exact) mass is 291 g/mol. The summed E-state index contributed by atoms with van der Waals surface area (Å²) in [6.07, 6.45) is 6.30. The molecule has 0 unspecified atom stereocenters. The number of nitro benzene ring substituents is 1. The van der Waals surface area contributed by atoms with Crippen LogP contribution in [0.1, 0.15) is 29.8 Å². The second-order valence-electron chi connectivity index (χ2n) is 5.01. The van der Waals surface area contributed by atoms with E-state index in [0.717, 1.165) is 18.4 Å². The van der Waals surface area contributed by atoms with Crippen molar-refractivity contribution in [3.8, 4) is 0 Å². The lowest BCUT2D eigenvalue weighted by Gasteiger charge is -2.14. The van der Waals surface area contributed by atoms with Gasteiger partial charge in [0.25, 0.3) is 5.69 Å². The molecule has 0 bridgehead atoms. The van der Waals surface area contributed by atoms with Gasteiger partial charge in [-0.05, 0) is 37.3 Å². The van der Waals surface area contributed by atoms with E-state index in [0.29, 0.717) is 11.6 Å². The van der Waals surface area contributed by atoms with Crippen molar-refractivity contribution in [3.05, 3.63) is 56.6 Å². The number of aryl methyl sites for hydroxylation is 1. The summed E-state index contributed by atoms with van der Waals surface area (Å²) in [4.78, 5) is 14.7. The van der Waals surface area contributed by atoms with Crippen molar-refractivity contribution in [2.45, 2.75) is 32.2 Å². The number of rotatable bonds is 3. The summed E-state index contributed by atoms with van der Waals surface area (Å²) >= 11 is 6.14. The van der Waals surface area contributed by atoms with E-state index in [1.807, 2.05) is 6.33 Å². The Labute approximate surface area is 121 Å². The first-order chi connectivity index (χ1) is 9.65. The Morgan fingerprint density at radius 1 is 1.35 bits per heavy atom. The molecule has 2 aromatic rings. The number of fused-ring (bicyclic) bond motifs is 1. The Morgan fingerprint density at radius 3 is 2.90 bits per heavy atom. The molecule has 0 amide bonds. The van der Waals surface area contributed by atoms with Gasteiger partial charge in [0.2, 0.25) is 0 Å². The van der Waals surface area contributed by atoms with E-state index >= 15 is 0 Å². The molecule has 1 aliphatic carbocycles. The molecule has 1 aromatic heterocycles. The Balaban J connectivity index is 1.88. The fourth-order valence-corrected chi connectivity index (χ4v) is 2.86. The van der Waals surface area contributed by atoms with Crippen molar-refractivity contribution < 1.29 is 4.92 Å². The third-order valence-electron chi connectivity index (χ3n) is 3.70. The van der Waals surface area contributed by atoms with Gasteiger partial charge in [-0.15, -0.1) is 0 Å². The highest BCUT2D eigenvalue weighted by Crippen LogP contribution is 2.25. The van der Waals surface area contributed by atoms with Crippen LogP contribution in [0.25, 0.3) is 0 Å². The molecule has 6 heteroatoms. The maximum atomic E-state index is 10.7. The zero-order valence-corrected chi connectivity index (χ0v) is 11.6. The number of hydrogen-bond donors (Lipinski definition) is 0. The summed E-state index contributed by atoms with van der Waals surface area (Å²) in [5.41, 5.74) is 3.34. The number of aromatic nitrogens is 2. The molecule has 0 atom stereocenters. The van der Waals surface area contributed by atoms with Crippen molar-refractivity contribution in [2.75, 3.05) is 0 Å². The standard InChI is InChI=1S/C14H14ClN3O2/c15-12-7-11(18(19)20)6-5-10(12)8-17-9-16-13-3-1-2-4-14(13)17/h5-7,9H,1-4,8H2. The minimum atomic E-state index is -0.436. The number of hydrogen-bond acceptors (Lipinski definition) is 3. The smallest absolute Gasteiger partial charge is 0.270 e. The fourth-order valence-electron chi connectivity index (χ4n) is 2.63. The molecule has 0 N–H and O–H groups in total. The third-order valence-corrected chi connectivity index (χ3v) is 4.05. The zero-order chi connectivity index (χ0) is 14.1. The molecule has 5 nitrogen and oxygen atoms in total. The van der Waals surface area contributed by atoms with Crippen LogP contribution >= 0.6 is 11.6 Å². The highest BCUT2D eigenvalue weighted by molar-refractivity contribution is 6.31. The van der Waals surface area contributed by atoms with Gasteiger partial charge in [0, 0.05) is 17.8 Å². The Morgan fingerprint density at radius 2 is 2.15 bits per heavy atom. The summed E-state index contributed by atoms with van der Waals surface area (Å²) in [5.74, 6) is 0. The Kier molecular flexibility index (Phi) is 3.44. The Hall–Kier alpha value is -1.88. The van der Waals surface area contributed by atoms with Crippen LogP contribution in [-0.4, -0.2) is 14.5 Å². The van der Waals surface area contributed by atoms with Crippen LogP contribution in [0, 0.1) is 10.1 Å². The molecule has 1 aromatic carbocycles. The van der Waals surface area contributed by atoms with E-state index in [1.54, 1.807) is 6.07 Å². The van der Waals surface area contributed by atoms with Gasteiger partial charge in [-0.25, -0.2) is 4.98 Å². The molecule has 1 aliphatic rings. The van der Waals surface area contributed by atoms with Gasteiger partial charge < -0.3 is 4.57 Å². The lowest BCUT2D eigenvalue weighted by atomic mass is 10.0. The van der Waals surface area contributed by atoms with Gasteiger partial charge >= 0.3 is 0 Å².